The molecule has 0 atom stereocenters. The molecule has 226 valence electrons. The van der Waals surface area contributed by atoms with Crippen LogP contribution in [0.5, 0.6) is 5.75 Å². The van der Waals surface area contributed by atoms with Crippen LogP contribution in [-0.4, -0.2) is 55.1 Å². The number of hydrogen-bond donors (Lipinski definition) is 3. The van der Waals surface area contributed by atoms with Crippen molar-refractivity contribution in [2.45, 2.75) is 51.0 Å². The van der Waals surface area contributed by atoms with Crippen molar-refractivity contribution in [3.63, 3.8) is 0 Å². The number of nitrogens with one attached hydrogen (secondary N) is 1. The van der Waals surface area contributed by atoms with Crippen LogP contribution in [0.1, 0.15) is 44.1 Å². The average Bonchev–Trinajstić information content (AvgIpc) is 3.23. The number of nitrogens with zero attached hydrogens (tertiary/aromatic N) is 1. The molecule has 1 aliphatic heterocycles. The van der Waals surface area contributed by atoms with Crippen LogP contribution in [0.3, 0.4) is 0 Å². The SMILES string of the molecule is C=C(OC(C)(C)C)c1sc(-c2cccc(NC3CCN(S(=O)(=O)Cc4cccc(N)c4)CC3)c2)c(Cl)c1OCC(=O)O. The number of aliphatic carboxylic acids is 1. The number of anilines is 2. The zero-order chi connectivity index (χ0) is 30.7. The van der Waals surface area contributed by atoms with Gasteiger partial charge >= 0.3 is 5.97 Å². The molecule has 4 N–H and O–H groups in total. The van der Waals surface area contributed by atoms with E-state index in [0.29, 0.717) is 52.7 Å². The van der Waals surface area contributed by atoms with Crippen molar-refractivity contribution in [3.8, 4) is 16.2 Å². The summed E-state index contributed by atoms with van der Waals surface area (Å²) in [6.45, 7) is 9.98. The summed E-state index contributed by atoms with van der Waals surface area (Å²) in [5.41, 5.74) is 8.18. The first kappa shape index (κ1) is 31.7. The third kappa shape index (κ3) is 8.19. The molecule has 2 aromatic carbocycles. The Labute approximate surface area is 255 Å². The average molecular weight is 634 g/mol. The van der Waals surface area contributed by atoms with Gasteiger partial charge < -0.3 is 25.6 Å². The Hall–Kier alpha value is -3.25. The molecule has 1 aromatic heterocycles. The van der Waals surface area contributed by atoms with Gasteiger partial charge in [0.05, 0.1) is 10.6 Å². The summed E-state index contributed by atoms with van der Waals surface area (Å²) in [6.07, 6.45) is 1.31. The molecule has 1 fully saturated rings. The van der Waals surface area contributed by atoms with E-state index in [1.54, 1.807) is 28.6 Å². The van der Waals surface area contributed by atoms with E-state index >= 15 is 0 Å². The Morgan fingerprint density at radius 3 is 2.52 bits per heavy atom. The number of hydrogen-bond acceptors (Lipinski definition) is 8. The Morgan fingerprint density at radius 1 is 1.19 bits per heavy atom. The van der Waals surface area contributed by atoms with Crippen LogP contribution in [0.15, 0.2) is 55.1 Å². The molecule has 0 saturated carbocycles. The molecule has 0 amide bonds. The maximum Gasteiger partial charge on any atom is 0.341 e. The first-order chi connectivity index (χ1) is 19.7. The zero-order valence-corrected chi connectivity index (χ0v) is 26.2. The van der Waals surface area contributed by atoms with Crippen LogP contribution in [0.25, 0.3) is 16.2 Å². The monoisotopic (exact) mass is 633 g/mol. The fraction of sp³-hybridized carbons (Fsp3) is 0.367. The molecule has 1 aliphatic rings. The third-order valence-electron chi connectivity index (χ3n) is 6.47. The molecule has 4 rings (SSSR count). The van der Waals surface area contributed by atoms with E-state index < -0.39 is 28.2 Å². The van der Waals surface area contributed by atoms with Gasteiger partial charge in [-0.05, 0) is 69.0 Å². The summed E-state index contributed by atoms with van der Waals surface area (Å²) in [7, 11) is -3.46. The molecule has 9 nitrogen and oxygen atoms in total. The van der Waals surface area contributed by atoms with Gasteiger partial charge in [0.25, 0.3) is 0 Å². The molecule has 2 heterocycles. The fourth-order valence-electron chi connectivity index (χ4n) is 4.69. The standard InChI is InChI=1S/C30H36ClN3O6S2/c1-19(40-30(2,3)4)28-27(39-17-25(35)36)26(31)29(41-28)21-8-6-10-24(16-21)33-23-11-13-34(14-12-23)42(37,38)18-20-7-5-9-22(32)15-20/h5-10,15-16,23,33H,1,11-14,17-18,32H2,2-4H3,(H,35,36). The summed E-state index contributed by atoms with van der Waals surface area (Å²) >= 11 is 8.05. The summed E-state index contributed by atoms with van der Waals surface area (Å²) in [5.74, 6) is -0.638. The minimum Gasteiger partial charge on any atom is -0.487 e. The maximum atomic E-state index is 13.0. The highest BCUT2D eigenvalue weighted by Crippen LogP contribution is 2.49. The van der Waals surface area contributed by atoms with Gasteiger partial charge in [0.2, 0.25) is 10.0 Å². The third-order valence-corrected chi connectivity index (χ3v) is 10.1. The van der Waals surface area contributed by atoms with Gasteiger partial charge in [0.15, 0.2) is 12.4 Å². The van der Waals surface area contributed by atoms with E-state index in [4.69, 9.17) is 31.9 Å². The predicted octanol–water partition coefficient (Wildman–Crippen LogP) is 6.31. The van der Waals surface area contributed by atoms with Crippen LogP contribution in [0, 0.1) is 0 Å². The highest BCUT2D eigenvalue weighted by molar-refractivity contribution is 7.88. The highest BCUT2D eigenvalue weighted by atomic mass is 35.5. The summed E-state index contributed by atoms with van der Waals surface area (Å²) < 4.78 is 39.0. The van der Waals surface area contributed by atoms with E-state index in [-0.39, 0.29) is 22.6 Å². The Bertz CT molecular complexity index is 1560. The number of carbonyl (C=O) groups is 1. The van der Waals surface area contributed by atoms with Gasteiger partial charge in [0.1, 0.15) is 21.3 Å². The largest absolute Gasteiger partial charge is 0.487 e. The molecule has 0 unspecified atom stereocenters. The second-order valence-corrected chi connectivity index (χ2v) is 14.5. The number of thiophene rings is 1. The number of ether oxygens (including phenoxy) is 2. The van der Waals surface area contributed by atoms with Crippen molar-refractivity contribution >= 4 is 56.1 Å². The van der Waals surface area contributed by atoms with Crippen LogP contribution in [0.2, 0.25) is 5.02 Å². The molecule has 3 aromatic rings. The number of nitrogens with two attached hydrogens (primary N) is 1. The van der Waals surface area contributed by atoms with Crippen LogP contribution in [0.4, 0.5) is 11.4 Å². The van der Waals surface area contributed by atoms with Crippen molar-refractivity contribution in [2.24, 2.45) is 0 Å². The fourth-order valence-corrected chi connectivity index (χ4v) is 7.71. The number of nitrogen functional groups attached to an aromatic ring is 1. The second kappa shape index (κ2) is 12.9. The second-order valence-electron chi connectivity index (χ2n) is 11.1. The lowest BCUT2D eigenvalue weighted by molar-refractivity contribution is -0.139. The van der Waals surface area contributed by atoms with Crippen LogP contribution in [-0.2, 0) is 25.3 Å². The lowest BCUT2D eigenvalue weighted by atomic mass is 10.1. The van der Waals surface area contributed by atoms with Gasteiger partial charge in [-0.3, -0.25) is 0 Å². The van der Waals surface area contributed by atoms with Crippen molar-refractivity contribution < 1.29 is 27.8 Å². The predicted molar refractivity (Wildman–Crippen MR) is 169 cm³/mol. The summed E-state index contributed by atoms with van der Waals surface area (Å²) in [4.78, 5) is 12.4. The Morgan fingerprint density at radius 2 is 1.88 bits per heavy atom. The number of rotatable bonds is 11. The molecule has 0 bridgehead atoms. The first-order valence-electron chi connectivity index (χ1n) is 13.5. The van der Waals surface area contributed by atoms with E-state index in [0.717, 1.165) is 11.3 Å². The summed E-state index contributed by atoms with van der Waals surface area (Å²) in [6, 6.07) is 14.7. The van der Waals surface area contributed by atoms with Crippen molar-refractivity contribution in [1.82, 2.24) is 4.31 Å². The minimum atomic E-state index is -3.46. The number of carboxylic acid groups (broad SMARTS) is 1. The number of carboxylic acids is 1. The first-order valence-corrected chi connectivity index (χ1v) is 16.3. The van der Waals surface area contributed by atoms with Gasteiger partial charge in [-0.2, -0.15) is 0 Å². The van der Waals surface area contributed by atoms with Gasteiger partial charge in [0, 0.05) is 30.5 Å². The Balaban J connectivity index is 1.47. The quantitative estimate of drug-likeness (QED) is 0.165. The van der Waals surface area contributed by atoms with Gasteiger partial charge in [-0.15, -0.1) is 11.3 Å². The molecule has 42 heavy (non-hydrogen) atoms. The summed E-state index contributed by atoms with van der Waals surface area (Å²) in [5, 5.41) is 13.0. The van der Waals surface area contributed by atoms with Crippen LogP contribution < -0.4 is 15.8 Å². The van der Waals surface area contributed by atoms with Crippen molar-refractivity contribution in [2.75, 3.05) is 30.7 Å². The highest BCUT2D eigenvalue weighted by Gasteiger charge is 2.29. The number of benzene rings is 2. The Kier molecular flexibility index (Phi) is 9.77. The molecule has 1 saturated heterocycles. The molecule has 0 aliphatic carbocycles. The lowest BCUT2D eigenvalue weighted by Crippen LogP contribution is -2.42. The topological polar surface area (TPSA) is 131 Å². The molecule has 0 spiro atoms. The van der Waals surface area contributed by atoms with Gasteiger partial charge in [-0.1, -0.05) is 42.4 Å². The van der Waals surface area contributed by atoms with E-state index in [1.165, 1.54) is 11.3 Å². The number of piperidine rings is 1. The number of halogens is 1. The number of sulfonamides is 1. The molecule has 0 radical (unpaired) electrons. The minimum absolute atomic E-state index is 0.0763. The molecular weight excluding hydrogens is 598 g/mol. The van der Waals surface area contributed by atoms with Gasteiger partial charge in [-0.25, -0.2) is 17.5 Å². The van der Waals surface area contributed by atoms with Crippen molar-refractivity contribution in [1.29, 1.82) is 0 Å². The maximum absolute atomic E-state index is 13.0. The zero-order valence-electron chi connectivity index (χ0n) is 23.9. The smallest absolute Gasteiger partial charge is 0.341 e. The van der Waals surface area contributed by atoms with E-state index in [2.05, 4.69) is 11.9 Å². The van der Waals surface area contributed by atoms with Crippen LogP contribution >= 0.6 is 22.9 Å². The molecule has 12 heteroatoms. The lowest BCUT2D eigenvalue weighted by Gasteiger charge is -2.32. The van der Waals surface area contributed by atoms with Crippen molar-refractivity contribution in [3.05, 3.63) is 70.6 Å². The normalized spacial score (nSPS) is 14.9. The van der Waals surface area contributed by atoms with E-state index in [1.807, 2.05) is 45.0 Å². The van der Waals surface area contributed by atoms with E-state index in [9.17, 15) is 13.2 Å². The molecular formula is C30H36ClN3O6S2.